The van der Waals surface area contributed by atoms with Crippen LogP contribution in [0, 0.1) is 11.8 Å². The number of oxazole rings is 1. The summed E-state index contributed by atoms with van der Waals surface area (Å²) in [5.41, 5.74) is 1.09. The summed E-state index contributed by atoms with van der Waals surface area (Å²) in [5, 5.41) is 3.33. The molecule has 10 nitrogen and oxygen atoms in total. The number of esters is 1. The Balaban J connectivity index is 2.07. The Morgan fingerprint density at radius 2 is 1.78 bits per heavy atom. The first-order chi connectivity index (χ1) is 23.1. The van der Waals surface area contributed by atoms with Gasteiger partial charge in [0.15, 0.2) is 14.0 Å². The number of cyclic esters (lactones) is 1. The van der Waals surface area contributed by atoms with Gasteiger partial charge in [0.05, 0.1) is 12.5 Å². The third-order valence-electron chi connectivity index (χ3n) is 10.1. The number of hydrogen-bond acceptors (Lipinski definition) is 8. The molecule has 1 aromatic heterocycles. The van der Waals surface area contributed by atoms with Gasteiger partial charge in [0.25, 0.3) is 5.91 Å². The number of rotatable bonds is 5. The van der Waals surface area contributed by atoms with Crippen molar-refractivity contribution in [3.8, 4) is 0 Å². The molecule has 50 heavy (non-hydrogen) atoms. The summed E-state index contributed by atoms with van der Waals surface area (Å²) in [7, 11) is -4.50. The van der Waals surface area contributed by atoms with Gasteiger partial charge in [0.1, 0.15) is 31.4 Å². The van der Waals surface area contributed by atoms with Crippen LogP contribution in [0.2, 0.25) is 37.8 Å². The van der Waals surface area contributed by atoms with Crippen molar-refractivity contribution in [2.75, 3.05) is 13.1 Å². The molecule has 0 aromatic carbocycles. The number of nitrogens with one attached hydrogen (secondary N) is 1. The lowest BCUT2D eigenvalue weighted by molar-refractivity contribution is -0.158. The zero-order valence-corrected chi connectivity index (χ0v) is 34.5. The third-order valence-corrected chi connectivity index (χ3v) is 16.3. The number of Topliss-reactive ketones (excluding diaryl/α,β-unsaturated/α-hetero) is 1. The van der Waals surface area contributed by atoms with E-state index in [1.54, 1.807) is 11.0 Å². The number of carbonyl (C=O) groups excluding carboxylic acids is 4. The summed E-state index contributed by atoms with van der Waals surface area (Å²) in [5.74, 6) is -1.22. The van der Waals surface area contributed by atoms with Gasteiger partial charge in [0.2, 0.25) is 11.8 Å². The smallest absolute Gasteiger partial charge is 0.329 e. The molecule has 0 unspecified atom stereocenters. The molecule has 0 saturated carbocycles. The fraction of sp³-hybridized carbons (Fsp3) is 0.658. The number of carbonyl (C=O) groups is 4. The topological polar surface area (TPSA) is 128 Å². The second-order valence-electron chi connectivity index (χ2n) is 16.6. The van der Waals surface area contributed by atoms with Gasteiger partial charge in [0, 0.05) is 25.4 Å². The molecule has 0 spiro atoms. The number of allylic oxidation sites excluding steroid dienone is 2. The molecule has 0 radical (unpaired) electrons. The van der Waals surface area contributed by atoms with Gasteiger partial charge in [-0.2, -0.15) is 0 Å². The van der Waals surface area contributed by atoms with Crippen LogP contribution in [0.3, 0.4) is 0 Å². The van der Waals surface area contributed by atoms with Crippen molar-refractivity contribution in [3.63, 3.8) is 0 Å². The maximum absolute atomic E-state index is 14.2. The predicted molar refractivity (Wildman–Crippen MR) is 202 cm³/mol. The number of nitrogens with zero attached hydrogens (tertiary/aromatic N) is 2. The number of aromatic nitrogens is 1. The molecular formula is C38H61N3O7Si2. The molecule has 1 fully saturated rings. The second kappa shape index (κ2) is 16.9. The number of fused-ring (bicyclic) bond motifs is 3. The van der Waals surface area contributed by atoms with Crippen LogP contribution < -0.4 is 10.7 Å². The summed E-state index contributed by atoms with van der Waals surface area (Å²) >= 11 is 0. The first-order valence-electron chi connectivity index (χ1n) is 18.2. The van der Waals surface area contributed by atoms with Crippen LogP contribution in [0.15, 0.2) is 40.4 Å². The highest BCUT2D eigenvalue weighted by Crippen LogP contribution is 2.38. The Morgan fingerprint density at radius 3 is 2.40 bits per heavy atom. The first kappa shape index (κ1) is 41.3. The Labute approximate surface area is 301 Å². The lowest BCUT2D eigenvalue weighted by atomic mass is 9.91. The lowest BCUT2D eigenvalue weighted by Crippen LogP contribution is -2.47. The minimum atomic E-state index is -2.26. The standard InChI is InChI=1S/C38H61N3O7Si2/c1-13-26(3)34-27(4)18-19-31(43)39-20-14-16-25(2)22-29(48-50(11,12)38(5,6)7)23-28(42)24-32-40-33(37(46-32)49(8,9)10)35(44)41-21-15-17-30(41)36(45)47-34/h14,16,18-19,22,26-27,29-30,34H,13,15,17,20-21,23-24H2,1-12H3,(H,39,43)/b16-14+,19-18+,25-22+/t26-,27+,29+,30+,34+/m0/s1. The van der Waals surface area contributed by atoms with Crippen molar-refractivity contribution in [3.05, 3.63) is 47.5 Å². The largest absolute Gasteiger partial charge is 0.460 e. The van der Waals surface area contributed by atoms with Crippen molar-refractivity contribution >= 4 is 45.3 Å². The molecule has 1 saturated heterocycles. The van der Waals surface area contributed by atoms with E-state index in [2.05, 4.69) is 63.8 Å². The predicted octanol–water partition coefficient (Wildman–Crippen LogP) is 6.50. The Bertz CT molecular complexity index is 1480. The van der Waals surface area contributed by atoms with Gasteiger partial charge >= 0.3 is 5.97 Å². The van der Waals surface area contributed by atoms with Crippen LogP contribution in [0.4, 0.5) is 0 Å². The number of ether oxygens (including phenoxy) is 1. The van der Waals surface area contributed by atoms with Gasteiger partial charge < -0.3 is 23.8 Å². The molecule has 2 aliphatic rings. The van der Waals surface area contributed by atoms with Gasteiger partial charge in [-0.1, -0.05) is 97.5 Å². The van der Waals surface area contributed by atoms with Crippen molar-refractivity contribution in [2.24, 2.45) is 11.8 Å². The molecule has 2 amide bonds. The van der Waals surface area contributed by atoms with Gasteiger partial charge in [-0.05, 0) is 49.9 Å². The van der Waals surface area contributed by atoms with Crippen LogP contribution in [0.25, 0.3) is 0 Å². The van der Waals surface area contributed by atoms with Crippen molar-refractivity contribution in [1.29, 1.82) is 0 Å². The molecule has 2 bridgehead atoms. The number of amides is 2. The maximum atomic E-state index is 14.2. The molecule has 12 heteroatoms. The van der Waals surface area contributed by atoms with Crippen LogP contribution >= 0.6 is 0 Å². The third kappa shape index (κ3) is 11.0. The van der Waals surface area contributed by atoms with Crippen molar-refractivity contribution < 1.29 is 32.8 Å². The lowest BCUT2D eigenvalue weighted by Gasteiger charge is -2.38. The fourth-order valence-electron chi connectivity index (χ4n) is 5.99. The van der Waals surface area contributed by atoms with E-state index < -0.39 is 40.6 Å². The van der Waals surface area contributed by atoms with Crippen molar-refractivity contribution in [2.45, 2.75) is 137 Å². The Hall–Kier alpha value is -3.10. The molecule has 2 aliphatic heterocycles. The quantitative estimate of drug-likeness (QED) is 0.269. The van der Waals surface area contributed by atoms with E-state index >= 15 is 0 Å². The molecule has 278 valence electrons. The highest BCUT2D eigenvalue weighted by Gasteiger charge is 2.42. The molecule has 3 heterocycles. The van der Waals surface area contributed by atoms with E-state index in [0.717, 1.165) is 12.0 Å². The summed E-state index contributed by atoms with van der Waals surface area (Å²) in [6, 6.07) is -0.763. The maximum Gasteiger partial charge on any atom is 0.329 e. The summed E-state index contributed by atoms with van der Waals surface area (Å²) < 4.78 is 19.1. The van der Waals surface area contributed by atoms with E-state index in [1.165, 1.54) is 6.08 Å². The van der Waals surface area contributed by atoms with Crippen LogP contribution in [0.5, 0.6) is 0 Å². The van der Waals surface area contributed by atoms with Crippen LogP contribution in [-0.2, 0) is 30.0 Å². The molecule has 1 aromatic rings. The van der Waals surface area contributed by atoms with E-state index in [-0.39, 0.29) is 58.9 Å². The first-order valence-corrected chi connectivity index (χ1v) is 24.6. The number of ketones is 1. The van der Waals surface area contributed by atoms with Gasteiger partial charge in [-0.15, -0.1) is 0 Å². The van der Waals surface area contributed by atoms with Crippen LogP contribution in [-0.4, -0.2) is 81.2 Å². The van der Waals surface area contributed by atoms with Crippen LogP contribution in [0.1, 0.15) is 90.5 Å². The minimum Gasteiger partial charge on any atom is -0.460 e. The van der Waals surface area contributed by atoms with Crippen molar-refractivity contribution in [1.82, 2.24) is 15.2 Å². The Morgan fingerprint density at radius 1 is 1.10 bits per heavy atom. The van der Waals surface area contributed by atoms with E-state index in [4.69, 9.17) is 13.6 Å². The molecule has 3 rings (SSSR count). The average molecular weight is 728 g/mol. The number of hydrogen-bond donors (Lipinski definition) is 1. The zero-order chi connectivity index (χ0) is 37.6. The average Bonchev–Trinajstić information content (AvgIpc) is 3.67. The van der Waals surface area contributed by atoms with E-state index in [9.17, 15) is 19.2 Å². The van der Waals surface area contributed by atoms with E-state index in [0.29, 0.717) is 31.3 Å². The van der Waals surface area contributed by atoms with E-state index in [1.807, 2.05) is 45.9 Å². The SMILES string of the molecule is CC[C@H](C)[C@H]1OC(=O)[C@H]2CCCN2C(=O)c2nc(oc2[Si](C)(C)C)CC(=O)C[C@H](O[Si](C)(C)C(C)(C)C)/C=C(C)/C=C/CNC(=O)/C=C/[C@H]1C. The highest BCUT2D eigenvalue weighted by molar-refractivity contribution is 6.88. The summed E-state index contributed by atoms with van der Waals surface area (Å²) in [6.45, 7) is 25.6. The molecule has 5 atom stereocenters. The summed E-state index contributed by atoms with van der Waals surface area (Å²) in [4.78, 5) is 60.5. The Kier molecular flexibility index (Phi) is 14.0. The second-order valence-corrected chi connectivity index (χ2v) is 26.3. The fourth-order valence-corrected chi connectivity index (χ4v) is 8.55. The van der Waals surface area contributed by atoms with Gasteiger partial charge in [-0.25, -0.2) is 9.78 Å². The highest BCUT2D eigenvalue weighted by atomic mass is 28.4. The zero-order valence-electron chi connectivity index (χ0n) is 32.5. The molecular weight excluding hydrogens is 667 g/mol. The molecule has 1 N–H and O–H groups in total. The summed E-state index contributed by atoms with van der Waals surface area (Å²) in [6.07, 6.45) is 9.98. The normalized spacial score (nSPS) is 27.1. The minimum absolute atomic E-state index is 0.0259. The van der Waals surface area contributed by atoms with Gasteiger partial charge in [-0.3, -0.25) is 14.4 Å². The molecule has 0 aliphatic carbocycles. The monoisotopic (exact) mass is 727 g/mol.